The van der Waals surface area contributed by atoms with E-state index in [1.807, 2.05) is 30.3 Å². The molecule has 0 unspecified atom stereocenters. The van der Waals surface area contributed by atoms with Crippen molar-refractivity contribution in [2.75, 3.05) is 0 Å². The van der Waals surface area contributed by atoms with Crippen molar-refractivity contribution in [1.29, 1.82) is 0 Å². The highest BCUT2D eigenvalue weighted by molar-refractivity contribution is 5.31. The predicted octanol–water partition coefficient (Wildman–Crippen LogP) is 4.01. The van der Waals surface area contributed by atoms with Gasteiger partial charge in [-0.25, -0.2) is 0 Å². The van der Waals surface area contributed by atoms with Crippen LogP contribution in [-0.2, 0) is 6.54 Å². The van der Waals surface area contributed by atoms with Crippen LogP contribution in [0.3, 0.4) is 0 Å². The highest BCUT2D eigenvalue weighted by Gasteiger charge is 2.43. The first-order valence-electron chi connectivity index (χ1n) is 6.36. The fourth-order valence-corrected chi connectivity index (χ4v) is 1.58. The summed E-state index contributed by atoms with van der Waals surface area (Å²) in [5.41, 5.74) is 3.69. The smallest absolute Gasteiger partial charge is 0.428 e. The third kappa shape index (κ3) is 4.63. The quantitative estimate of drug-likeness (QED) is 0.619. The molecule has 2 aromatic carbocycles. The maximum Gasteiger partial charge on any atom is 0.461 e. The molecule has 0 amide bonds. The van der Waals surface area contributed by atoms with Crippen LogP contribution in [0.4, 0.5) is 17.6 Å². The van der Waals surface area contributed by atoms with Crippen molar-refractivity contribution in [3.63, 3.8) is 0 Å². The molecule has 0 bridgehead atoms. The lowest BCUT2D eigenvalue weighted by atomic mass is 10.2. The van der Waals surface area contributed by atoms with Crippen molar-refractivity contribution in [2.24, 2.45) is 0 Å². The number of hydroxylamine groups is 1. The van der Waals surface area contributed by atoms with Crippen molar-refractivity contribution < 1.29 is 27.1 Å². The number of halogens is 4. The third-order valence-corrected chi connectivity index (χ3v) is 2.64. The molecule has 0 aromatic heterocycles. The molecule has 7 heteroatoms. The first kappa shape index (κ1) is 16.1. The Kier molecular flexibility index (Phi) is 5.21. The Morgan fingerprint density at radius 3 is 2.09 bits per heavy atom. The Bertz CT molecular complexity index is 576. The summed E-state index contributed by atoms with van der Waals surface area (Å²) in [4.78, 5) is 5.20. The maximum atomic E-state index is 12.7. The molecule has 0 aliphatic carbocycles. The van der Waals surface area contributed by atoms with Gasteiger partial charge < -0.3 is 9.57 Å². The van der Waals surface area contributed by atoms with Gasteiger partial charge >= 0.3 is 12.5 Å². The average Bonchev–Trinajstić information content (AvgIpc) is 2.50. The second-order valence-electron chi connectivity index (χ2n) is 4.34. The minimum absolute atomic E-state index is 0.337. The Balaban J connectivity index is 1.84. The van der Waals surface area contributed by atoms with Crippen molar-refractivity contribution in [2.45, 2.75) is 19.1 Å². The Morgan fingerprint density at radius 2 is 1.50 bits per heavy atom. The highest BCUT2D eigenvalue weighted by Crippen LogP contribution is 2.28. The largest absolute Gasteiger partial charge is 0.461 e. The zero-order chi connectivity index (χ0) is 16.0. The number of nitrogens with one attached hydrogen (secondary N) is 1. The molecule has 0 aliphatic rings. The topological polar surface area (TPSA) is 30.5 Å². The predicted molar refractivity (Wildman–Crippen MR) is 71.9 cm³/mol. The molecule has 1 N–H and O–H groups in total. The van der Waals surface area contributed by atoms with E-state index in [1.54, 1.807) is 0 Å². The van der Waals surface area contributed by atoms with Crippen LogP contribution >= 0.6 is 0 Å². The minimum atomic E-state index is -4.52. The van der Waals surface area contributed by atoms with Crippen LogP contribution in [0, 0.1) is 0 Å². The third-order valence-electron chi connectivity index (χ3n) is 2.64. The van der Waals surface area contributed by atoms with Crippen LogP contribution in [0.1, 0.15) is 5.56 Å². The molecule has 0 atom stereocenters. The van der Waals surface area contributed by atoms with Gasteiger partial charge in [-0.1, -0.05) is 30.3 Å². The summed E-state index contributed by atoms with van der Waals surface area (Å²) < 4.78 is 53.3. The van der Waals surface area contributed by atoms with Crippen LogP contribution in [-0.4, -0.2) is 12.5 Å². The van der Waals surface area contributed by atoms with Crippen molar-refractivity contribution in [3.05, 3.63) is 60.2 Å². The van der Waals surface area contributed by atoms with Gasteiger partial charge in [0.15, 0.2) is 0 Å². The fourth-order valence-electron chi connectivity index (χ4n) is 1.58. The van der Waals surface area contributed by atoms with E-state index in [-0.39, 0.29) is 5.75 Å². The number of ether oxygens (including phenoxy) is 1. The van der Waals surface area contributed by atoms with Crippen molar-refractivity contribution in [1.82, 2.24) is 5.48 Å². The molecule has 118 valence electrons. The zero-order valence-electron chi connectivity index (χ0n) is 11.3. The van der Waals surface area contributed by atoms with Crippen LogP contribution in [0.15, 0.2) is 54.6 Å². The van der Waals surface area contributed by atoms with Crippen molar-refractivity contribution in [3.8, 4) is 11.5 Å². The molecule has 2 rings (SSSR count). The van der Waals surface area contributed by atoms with E-state index in [1.165, 1.54) is 12.1 Å². The number of hydrogen-bond acceptors (Lipinski definition) is 3. The molecular weight excluding hydrogens is 302 g/mol. The van der Waals surface area contributed by atoms with Crippen LogP contribution < -0.4 is 15.1 Å². The van der Waals surface area contributed by atoms with Crippen LogP contribution in [0.2, 0.25) is 0 Å². The van der Waals surface area contributed by atoms with E-state index >= 15 is 0 Å². The minimum Gasteiger partial charge on any atom is -0.428 e. The first-order valence-corrected chi connectivity index (χ1v) is 6.36. The summed E-state index contributed by atoms with van der Waals surface area (Å²) in [7, 11) is 0. The molecule has 0 fully saturated rings. The summed E-state index contributed by atoms with van der Waals surface area (Å²) in [5, 5.41) is 0. The lowest BCUT2D eigenvalue weighted by Gasteiger charge is -2.16. The SMILES string of the molecule is FC(F)C(F)(F)Oc1ccc(ONCc2ccccc2)cc1. The fraction of sp³-hybridized carbons (Fsp3) is 0.200. The molecule has 0 saturated heterocycles. The van der Waals surface area contributed by atoms with E-state index < -0.39 is 12.5 Å². The maximum absolute atomic E-state index is 12.7. The van der Waals surface area contributed by atoms with Gasteiger partial charge in [0.2, 0.25) is 0 Å². The van der Waals surface area contributed by atoms with Gasteiger partial charge in [0.25, 0.3) is 0 Å². The summed E-state index contributed by atoms with van der Waals surface area (Å²) in [6.45, 7) is 0.447. The summed E-state index contributed by atoms with van der Waals surface area (Å²) in [5.74, 6) is -0.0376. The van der Waals surface area contributed by atoms with Gasteiger partial charge in [-0.3, -0.25) is 0 Å². The molecule has 3 nitrogen and oxygen atoms in total. The van der Waals surface area contributed by atoms with E-state index in [9.17, 15) is 17.6 Å². The van der Waals surface area contributed by atoms with Crippen LogP contribution in [0.25, 0.3) is 0 Å². The molecule has 2 aromatic rings. The molecule has 22 heavy (non-hydrogen) atoms. The van der Waals surface area contributed by atoms with Crippen LogP contribution in [0.5, 0.6) is 11.5 Å². The standard InChI is InChI=1S/C15H13F4NO2/c16-14(17)15(18,19)21-12-6-8-13(9-7-12)22-20-10-11-4-2-1-3-5-11/h1-9,14,20H,10H2. The van der Waals surface area contributed by atoms with E-state index in [4.69, 9.17) is 4.84 Å². The van der Waals surface area contributed by atoms with Gasteiger partial charge in [0.05, 0.1) is 6.54 Å². The number of rotatable bonds is 7. The van der Waals surface area contributed by atoms with Gasteiger partial charge in [0.1, 0.15) is 11.5 Å². The van der Waals surface area contributed by atoms with Gasteiger partial charge in [-0.2, -0.15) is 23.0 Å². The monoisotopic (exact) mass is 315 g/mol. The zero-order valence-corrected chi connectivity index (χ0v) is 11.3. The number of hydrogen-bond donors (Lipinski definition) is 1. The number of alkyl halides is 4. The molecule has 0 radical (unpaired) electrons. The summed E-state index contributed by atoms with van der Waals surface area (Å²) >= 11 is 0. The summed E-state index contributed by atoms with van der Waals surface area (Å²) in [6, 6.07) is 14.4. The lowest BCUT2D eigenvalue weighted by Crippen LogP contribution is -2.33. The average molecular weight is 315 g/mol. The highest BCUT2D eigenvalue weighted by atomic mass is 19.3. The molecule has 0 aliphatic heterocycles. The number of benzene rings is 2. The van der Waals surface area contributed by atoms with E-state index in [0.29, 0.717) is 12.3 Å². The Hall–Kier alpha value is -2.28. The summed E-state index contributed by atoms with van der Waals surface area (Å²) in [6.07, 6.45) is -8.41. The second-order valence-corrected chi connectivity index (χ2v) is 4.34. The van der Waals surface area contributed by atoms with E-state index in [0.717, 1.165) is 17.7 Å². The molecule has 0 heterocycles. The van der Waals surface area contributed by atoms with Gasteiger partial charge in [-0.05, 0) is 29.8 Å². The van der Waals surface area contributed by atoms with E-state index in [2.05, 4.69) is 10.2 Å². The Morgan fingerprint density at radius 1 is 0.909 bits per heavy atom. The first-order chi connectivity index (χ1) is 10.5. The Labute approximate surface area is 124 Å². The molecule has 0 saturated carbocycles. The van der Waals surface area contributed by atoms with Crippen molar-refractivity contribution >= 4 is 0 Å². The lowest BCUT2D eigenvalue weighted by molar-refractivity contribution is -0.253. The molecular formula is C15H13F4NO2. The van der Waals surface area contributed by atoms with Gasteiger partial charge in [-0.15, -0.1) is 0 Å². The normalized spacial score (nSPS) is 11.5. The van der Waals surface area contributed by atoms with Gasteiger partial charge in [0, 0.05) is 0 Å². The second kappa shape index (κ2) is 7.13. The molecule has 0 spiro atoms.